The molecule has 3 N–H and O–H groups in total. The van der Waals surface area contributed by atoms with Crippen LogP contribution in [-0.2, 0) is 4.74 Å². The van der Waals surface area contributed by atoms with Crippen molar-refractivity contribution < 1.29 is 14.6 Å². The van der Waals surface area contributed by atoms with Gasteiger partial charge in [-0.15, -0.1) is 0 Å². The van der Waals surface area contributed by atoms with E-state index in [-0.39, 0.29) is 13.2 Å². The lowest BCUT2D eigenvalue weighted by Crippen LogP contribution is -2.37. The molecule has 21 heavy (non-hydrogen) atoms. The van der Waals surface area contributed by atoms with Crippen LogP contribution in [0.3, 0.4) is 0 Å². The molecule has 0 bridgehead atoms. The molecule has 6 heteroatoms. The average molecular weight is 289 g/mol. The predicted molar refractivity (Wildman–Crippen MR) is 77.7 cm³/mol. The van der Waals surface area contributed by atoms with Crippen molar-refractivity contribution >= 4 is 11.7 Å². The molecule has 2 rings (SSSR count). The summed E-state index contributed by atoms with van der Waals surface area (Å²) in [6, 6.07) is 8.19. The lowest BCUT2D eigenvalue weighted by Gasteiger charge is -2.13. The number of ether oxygens (including phenoxy) is 1. The quantitative estimate of drug-likeness (QED) is 0.708. The number of hydrogen-bond donors (Lipinski definition) is 3. The third-order valence-corrected chi connectivity index (χ3v) is 3.11. The zero-order valence-corrected chi connectivity index (χ0v) is 11.7. The summed E-state index contributed by atoms with van der Waals surface area (Å²) in [4.78, 5) is 11.7. The van der Waals surface area contributed by atoms with Gasteiger partial charge >= 0.3 is 6.03 Å². The van der Waals surface area contributed by atoms with Crippen molar-refractivity contribution in [3.8, 4) is 6.07 Å². The van der Waals surface area contributed by atoms with E-state index in [1.165, 1.54) is 12.8 Å². The molecular weight excluding hydrogens is 270 g/mol. The number of aliphatic hydroxyl groups excluding tert-OH is 1. The number of urea groups is 1. The Labute approximate surface area is 123 Å². The van der Waals surface area contributed by atoms with Crippen LogP contribution in [0.25, 0.3) is 0 Å². The Morgan fingerprint density at radius 1 is 1.52 bits per heavy atom. The van der Waals surface area contributed by atoms with E-state index in [1.54, 1.807) is 24.3 Å². The monoisotopic (exact) mass is 289 g/mol. The number of carbonyl (C=O) groups is 1. The number of aliphatic hydroxyl groups is 1. The van der Waals surface area contributed by atoms with Crippen molar-refractivity contribution in [2.45, 2.75) is 18.9 Å². The molecule has 0 aromatic heterocycles. The summed E-state index contributed by atoms with van der Waals surface area (Å²) in [6.45, 7) is 1.03. The van der Waals surface area contributed by atoms with E-state index in [0.717, 1.165) is 0 Å². The molecule has 0 heterocycles. The molecule has 1 aromatic carbocycles. The van der Waals surface area contributed by atoms with Gasteiger partial charge in [0.05, 0.1) is 24.3 Å². The molecule has 1 atom stereocenters. The maximum atomic E-state index is 11.7. The number of hydrogen-bond acceptors (Lipinski definition) is 4. The predicted octanol–water partition coefficient (Wildman–Crippen LogP) is 1.47. The van der Waals surface area contributed by atoms with Gasteiger partial charge in [-0.1, -0.05) is 6.07 Å². The molecule has 112 valence electrons. The zero-order valence-electron chi connectivity index (χ0n) is 11.7. The van der Waals surface area contributed by atoms with Crippen molar-refractivity contribution in [2.75, 3.05) is 25.1 Å². The molecule has 1 saturated carbocycles. The van der Waals surface area contributed by atoms with E-state index >= 15 is 0 Å². The summed E-state index contributed by atoms with van der Waals surface area (Å²) in [5.41, 5.74) is 1.01. The molecule has 0 unspecified atom stereocenters. The molecule has 0 aliphatic heterocycles. The minimum atomic E-state index is -0.722. The van der Waals surface area contributed by atoms with E-state index < -0.39 is 12.1 Å². The molecule has 0 radical (unpaired) electrons. The molecule has 1 aliphatic rings. The van der Waals surface area contributed by atoms with Crippen LogP contribution in [0.4, 0.5) is 10.5 Å². The molecule has 1 fully saturated rings. The highest BCUT2D eigenvalue weighted by Gasteiger charge is 2.21. The molecule has 1 aromatic rings. The highest BCUT2D eigenvalue weighted by molar-refractivity contribution is 5.89. The van der Waals surface area contributed by atoms with Crippen LogP contribution in [0.2, 0.25) is 0 Å². The smallest absolute Gasteiger partial charge is 0.319 e. The minimum absolute atomic E-state index is 0.119. The van der Waals surface area contributed by atoms with Gasteiger partial charge in [-0.3, -0.25) is 0 Å². The fourth-order valence-electron chi connectivity index (χ4n) is 1.77. The van der Waals surface area contributed by atoms with Crippen LogP contribution in [-0.4, -0.2) is 37.0 Å². The second kappa shape index (κ2) is 7.62. The Kier molecular flexibility index (Phi) is 5.55. The van der Waals surface area contributed by atoms with Gasteiger partial charge in [-0.2, -0.15) is 5.26 Å². The Balaban J connectivity index is 1.65. The molecule has 1 aliphatic carbocycles. The third-order valence-electron chi connectivity index (χ3n) is 3.11. The van der Waals surface area contributed by atoms with Gasteiger partial charge in [0.15, 0.2) is 0 Å². The Morgan fingerprint density at radius 2 is 2.33 bits per heavy atom. The van der Waals surface area contributed by atoms with E-state index in [0.29, 0.717) is 23.8 Å². The Morgan fingerprint density at radius 3 is 3.05 bits per heavy atom. The van der Waals surface area contributed by atoms with Gasteiger partial charge in [0.2, 0.25) is 0 Å². The van der Waals surface area contributed by atoms with Gasteiger partial charge in [0.1, 0.15) is 0 Å². The summed E-state index contributed by atoms with van der Waals surface area (Å²) < 4.78 is 5.34. The van der Waals surface area contributed by atoms with Crippen LogP contribution in [0.1, 0.15) is 18.4 Å². The van der Waals surface area contributed by atoms with Gasteiger partial charge in [-0.25, -0.2) is 4.79 Å². The number of benzene rings is 1. The van der Waals surface area contributed by atoms with E-state index in [4.69, 9.17) is 10.00 Å². The Bertz CT molecular complexity index is 523. The van der Waals surface area contributed by atoms with Crippen LogP contribution >= 0.6 is 0 Å². The largest absolute Gasteiger partial charge is 0.389 e. The number of nitrogens with zero attached hydrogens (tertiary/aromatic N) is 1. The minimum Gasteiger partial charge on any atom is -0.389 e. The van der Waals surface area contributed by atoms with Crippen LogP contribution in [0.5, 0.6) is 0 Å². The standard InChI is InChI=1S/C15H19N3O3/c16-7-12-2-1-3-13(6-12)18-15(20)17-8-14(19)10-21-9-11-4-5-11/h1-3,6,11,14,19H,4-5,8-10H2,(H2,17,18,20)/t14-/m1/s1. The van der Waals surface area contributed by atoms with Crippen LogP contribution in [0, 0.1) is 17.2 Å². The highest BCUT2D eigenvalue weighted by atomic mass is 16.5. The van der Waals surface area contributed by atoms with Gasteiger partial charge in [-0.05, 0) is 37.0 Å². The van der Waals surface area contributed by atoms with Crippen molar-refractivity contribution in [1.29, 1.82) is 5.26 Å². The fraction of sp³-hybridized carbons (Fsp3) is 0.467. The molecule has 0 spiro atoms. The van der Waals surface area contributed by atoms with Crippen molar-refractivity contribution in [1.82, 2.24) is 5.32 Å². The normalized spacial score (nSPS) is 15.0. The topological polar surface area (TPSA) is 94.4 Å². The second-order valence-corrected chi connectivity index (χ2v) is 5.16. The number of anilines is 1. The van der Waals surface area contributed by atoms with Crippen molar-refractivity contribution in [3.63, 3.8) is 0 Å². The zero-order chi connectivity index (χ0) is 15.1. The van der Waals surface area contributed by atoms with Gasteiger partial charge in [0.25, 0.3) is 0 Å². The van der Waals surface area contributed by atoms with Crippen LogP contribution < -0.4 is 10.6 Å². The lowest BCUT2D eigenvalue weighted by molar-refractivity contribution is 0.0339. The lowest BCUT2D eigenvalue weighted by atomic mass is 10.2. The van der Waals surface area contributed by atoms with Gasteiger partial charge in [0, 0.05) is 18.8 Å². The van der Waals surface area contributed by atoms with E-state index in [2.05, 4.69) is 10.6 Å². The molecule has 6 nitrogen and oxygen atoms in total. The first-order chi connectivity index (χ1) is 10.2. The number of nitrogens with one attached hydrogen (secondary N) is 2. The maximum absolute atomic E-state index is 11.7. The van der Waals surface area contributed by atoms with Crippen molar-refractivity contribution in [3.05, 3.63) is 29.8 Å². The number of amides is 2. The number of nitriles is 1. The summed E-state index contributed by atoms with van der Waals surface area (Å²) in [7, 11) is 0. The third kappa shape index (κ3) is 5.81. The Hall–Kier alpha value is -2.10. The number of rotatable bonds is 7. The average Bonchev–Trinajstić information content (AvgIpc) is 3.29. The van der Waals surface area contributed by atoms with Crippen molar-refractivity contribution in [2.24, 2.45) is 5.92 Å². The van der Waals surface area contributed by atoms with E-state index in [1.807, 2.05) is 6.07 Å². The molecule has 0 saturated heterocycles. The summed E-state index contributed by atoms with van der Waals surface area (Å²) in [5, 5.41) is 23.6. The van der Waals surface area contributed by atoms with E-state index in [9.17, 15) is 9.90 Å². The number of carbonyl (C=O) groups excluding carboxylic acids is 1. The highest BCUT2D eigenvalue weighted by Crippen LogP contribution is 2.28. The maximum Gasteiger partial charge on any atom is 0.319 e. The van der Waals surface area contributed by atoms with Crippen LogP contribution in [0.15, 0.2) is 24.3 Å². The van der Waals surface area contributed by atoms with Gasteiger partial charge < -0.3 is 20.5 Å². The summed E-state index contributed by atoms with van der Waals surface area (Å²) in [5.74, 6) is 0.654. The molecular formula is C15H19N3O3. The summed E-state index contributed by atoms with van der Waals surface area (Å²) >= 11 is 0. The first-order valence-electron chi connectivity index (χ1n) is 6.98. The first-order valence-corrected chi connectivity index (χ1v) is 6.98. The first kappa shape index (κ1) is 15.3. The fourth-order valence-corrected chi connectivity index (χ4v) is 1.77. The SMILES string of the molecule is N#Cc1cccc(NC(=O)NC[C@@H](O)COCC2CC2)c1. The summed E-state index contributed by atoms with van der Waals surface area (Å²) in [6.07, 6.45) is 1.69. The molecule has 2 amide bonds. The second-order valence-electron chi connectivity index (χ2n) is 5.16.